The molecule has 2 unspecified atom stereocenters. The Kier molecular flexibility index (Phi) is 10.0. The topological polar surface area (TPSA) is 55.4 Å². The Balaban J connectivity index is 3.12. The van der Waals surface area contributed by atoms with Gasteiger partial charge >= 0.3 is 42.8 Å². The number of hydrogen-bond donors (Lipinski definition) is 0. The molecule has 0 aliphatic carbocycles. The van der Waals surface area contributed by atoms with Crippen LogP contribution in [0.1, 0.15) is 6.92 Å². The fraction of sp³-hybridized carbons (Fsp3) is 0.789. The van der Waals surface area contributed by atoms with Crippen molar-refractivity contribution in [3.8, 4) is 0 Å². The Bertz CT molecular complexity index is 658. The highest BCUT2D eigenvalue weighted by molar-refractivity contribution is 6.96. The number of rotatable bonds is 10. The lowest BCUT2D eigenvalue weighted by atomic mass is 10.9. The number of hydrogen-bond acceptors (Lipinski definition) is 6. The molecular formula is C19H48O6Si7. The van der Waals surface area contributed by atoms with Gasteiger partial charge in [-0.15, -0.1) is 13.2 Å². The zero-order chi connectivity index (χ0) is 25.3. The van der Waals surface area contributed by atoms with Gasteiger partial charge in [-0.3, -0.25) is 0 Å². The Labute approximate surface area is 205 Å². The summed E-state index contributed by atoms with van der Waals surface area (Å²) in [6.45, 7) is 34.1. The fourth-order valence-electron chi connectivity index (χ4n) is 4.21. The van der Waals surface area contributed by atoms with Crippen LogP contribution in [0.3, 0.4) is 0 Å². The van der Waals surface area contributed by atoms with Gasteiger partial charge in [-0.25, -0.2) is 0 Å². The molecule has 0 aromatic heterocycles. The monoisotopic (exact) mass is 568 g/mol. The molecule has 1 fully saturated rings. The van der Waals surface area contributed by atoms with Crippen LogP contribution in [0.5, 0.6) is 0 Å². The lowest BCUT2D eigenvalue weighted by Crippen LogP contribution is -2.66. The van der Waals surface area contributed by atoms with E-state index in [1.807, 2.05) is 11.4 Å². The summed E-state index contributed by atoms with van der Waals surface area (Å²) in [7, 11) is -16.3. The minimum Gasteiger partial charge on any atom is -0.437 e. The molecule has 32 heavy (non-hydrogen) atoms. The van der Waals surface area contributed by atoms with Gasteiger partial charge in [0.2, 0.25) is 0 Å². The van der Waals surface area contributed by atoms with Crippen LogP contribution in [-0.2, 0) is 24.7 Å². The molecule has 0 spiro atoms. The summed E-state index contributed by atoms with van der Waals surface area (Å²) in [4.78, 5) is 0. The van der Waals surface area contributed by atoms with Crippen molar-refractivity contribution in [2.45, 2.75) is 97.1 Å². The summed E-state index contributed by atoms with van der Waals surface area (Å²) >= 11 is 0. The molecular weight excluding hydrogens is 521 g/mol. The molecule has 2 atom stereocenters. The van der Waals surface area contributed by atoms with Crippen molar-refractivity contribution in [1.82, 2.24) is 0 Å². The second-order valence-corrected chi connectivity index (χ2v) is 38.0. The molecule has 0 aromatic rings. The van der Waals surface area contributed by atoms with Gasteiger partial charge in [-0.1, -0.05) is 18.3 Å². The van der Waals surface area contributed by atoms with Gasteiger partial charge in [0.15, 0.2) is 16.6 Å². The molecule has 0 radical (unpaired) electrons. The smallest absolute Gasteiger partial charge is 0.343 e. The van der Waals surface area contributed by atoms with Crippen molar-refractivity contribution in [1.29, 1.82) is 0 Å². The van der Waals surface area contributed by atoms with Crippen molar-refractivity contribution in [2.24, 2.45) is 0 Å². The van der Waals surface area contributed by atoms with Gasteiger partial charge in [-0.05, 0) is 90.1 Å². The maximum Gasteiger partial charge on any atom is 0.343 e. The average Bonchev–Trinajstić information content (AvgIpc) is 2.55. The van der Waals surface area contributed by atoms with E-state index in [2.05, 4.69) is 92.1 Å². The third kappa shape index (κ3) is 9.79. The summed E-state index contributed by atoms with van der Waals surface area (Å²) in [6.07, 6.45) is 0. The lowest BCUT2D eigenvalue weighted by Gasteiger charge is -2.49. The molecule has 1 saturated heterocycles. The van der Waals surface area contributed by atoms with E-state index in [-0.39, 0.29) is 0 Å². The van der Waals surface area contributed by atoms with E-state index in [9.17, 15) is 0 Å². The summed E-state index contributed by atoms with van der Waals surface area (Å²) < 4.78 is 40.1. The zero-order valence-electron chi connectivity index (χ0n) is 22.6. The third-order valence-corrected chi connectivity index (χ3v) is 33.2. The van der Waals surface area contributed by atoms with Crippen LogP contribution >= 0.6 is 0 Å². The van der Waals surface area contributed by atoms with Crippen molar-refractivity contribution in [2.75, 3.05) is 0 Å². The SMILES string of the molecule is C=C[Si]1(C)O[Si](C)(CC)O[Si](C)(C=C)O[Si](C)(CC[Si](C)(C)O[Si](C)(C)O[Si](C)(C)C)O1. The Morgan fingerprint density at radius 1 is 0.719 bits per heavy atom. The molecule has 13 heteroatoms. The standard InChI is InChI=1S/C19H48O6Si7/c1-15-29(11)22-30(12,16-2)24-32(14,25-31(13,17-3)23-29)19-18-27(7,8)21-28(9,10)20-26(4,5)6/h16-17H,2-3,15,18-19H2,1,4-14H3. The van der Waals surface area contributed by atoms with E-state index in [0.29, 0.717) is 0 Å². The first-order valence-electron chi connectivity index (χ1n) is 11.6. The van der Waals surface area contributed by atoms with E-state index in [0.717, 1.165) is 18.1 Å². The largest absolute Gasteiger partial charge is 0.437 e. The quantitative estimate of drug-likeness (QED) is 0.277. The first-order chi connectivity index (χ1) is 14.1. The van der Waals surface area contributed by atoms with Crippen LogP contribution in [0.25, 0.3) is 0 Å². The van der Waals surface area contributed by atoms with E-state index in [4.69, 9.17) is 24.7 Å². The second kappa shape index (κ2) is 10.4. The molecule has 0 amide bonds. The van der Waals surface area contributed by atoms with E-state index >= 15 is 0 Å². The molecule has 1 heterocycles. The van der Waals surface area contributed by atoms with Gasteiger partial charge in [0, 0.05) is 0 Å². The predicted molar refractivity (Wildman–Crippen MR) is 152 cm³/mol. The normalized spacial score (nSPS) is 35.1. The maximum atomic E-state index is 6.83. The summed E-state index contributed by atoms with van der Waals surface area (Å²) in [5.41, 5.74) is 3.75. The molecule has 0 saturated carbocycles. The van der Waals surface area contributed by atoms with Gasteiger partial charge in [0.05, 0.1) is 0 Å². The highest BCUT2D eigenvalue weighted by Gasteiger charge is 2.55. The summed E-state index contributed by atoms with van der Waals surface area (Å²) in [5, 5.41) is 0. The molecule has 0 bridgehead atoms. The maximum absolute atomic E-state index is 6.83. The van der Waals surface area contributed by atoms with Gasteiger partial charge in [-0.2, -0.15) is 0 Å². The van der Waals surface area contributed by atoms with Gasteiger partial charge in [0.1, 0.15) is 0 Å². The molecule has 1 rings (SSSR count). The Hall–Kier alpha value is 0.758. The van der Waals surface area contributed by atoms with Crippen molar-refractivity contribution < 1.29 is 24.7 Å². The first-order valence-corrected chi connectivity index (χ1v) is 30.8. The average molecular weight is 569 g/mol. The van der Waals surface area contributed by atoms with Crippen molar-refractivity contribution in [3.05, 3.63) is 24.6 Å². The van der Waals surface area contributed by atoms with Gasteiger partial charge in [0.25, 0.3) is 0 Å². The van der Waals surface area contributed by atoms with Crippen LogP contribution in [0.2, 0.25) is 90.1 Å². The minimum absolute atomic E-state index is 0.827. The van der Waals surface area contributed by atoms with E-state index < -0.39 is 59.4 Å². The van der Waals surface area contributed by atoms with Crippen molar-refractivity contribution >= 4 is 59.4 Å². The first kappa shape index (κ1) is 30.8. The van der Waals surface area contributed by atoms with Crippen LogP contribution in [0, 0.1) is 0 Å². The molecule has 6 nitrogen and oxygen atoms in total. The Morgan fingerprint density at radius 2 is 1.12 bits per heavy atom. The zero-order valence-corrected chi connectivity index (χ0v) is 29.6. The fourth-order valence-corrected chi connectivity index (χ4v) is 39.8. The third-order valence-electron chi connectivity index (χ3n) is 5.31. The highest BCUT2D eigenvalue weighted by Crippen LogP contribution is 2.36. The van der Waals surface area contributed by atoms with Crippen LogP contribution < -0.4 is 0 Å². The van der Waals surface area contributed by atoms with Crippen LogP contribution in [-0.4, -0.2) is 59.4 Å². The van der Waals surface area contributed by atoms with Gasteiger partial charge < -0.3 is 24.7 Å². The molecule has 188 valence electrons. The Morgan fingerprint density at radius 3 is 1.47 bits per heavy atom. The van der Waals surface area contributed by atoms with E-state index in [1.54, 1.807) is 0 Å². The molecule has 1 aliphatic rings. The lowest BCUT2D eigenvalue weighted by molar-refractivity contribution is 0.237. The summed E-state index contributed by atoms with van der Waals surface area (Å²) in [5.74, 6) is 0. The van der Waals surface area contributed by atoms with Crippen LogP contribution in [0.15, 0.2) is 24.6 Å². The van der Waals surface area contributed by atoms with Crippen molar-refractivity contribution in [3.63, 3.8) is 0 Å². The molecule has 0 N–H and O–H groups in total. The van der Waals surface area contributed by atoms with E-state index in [1.165, 1.54) is 0 Å². The molecule has 0 aromatic carbocycles. The molecule has 1 aliphatic heterocycles. The highest BCUT2D eigenvalue weighted by atomic mass is 28.5. The minimum atomic E-state index is -2.65. The second-order valence-electron chi connectivity index (χ2n) is 11.4. The predicted octanol–water partition coefficient (Wildman–Crippen LogP) is 6.60. The van der Waals surface area contributed by atoms with Crippen LogP contribution in [0.4, 0.5) is 0 Å². The summed E-state index contributed by atoms with van der Waals surface area (Å²) in [6, 6.07) is 2.59.